The van der Waals surface area contributed by atoms with Crippen LogP contribution in [0.4, 0.5) is 17.6 Å². The molecule has 4 N–H and O–H groups in total. The lowest BCUT2D eigenvalue weighted by atomic mass is 10.2. The summed E-state index contributed by atoms with van der Waals surface area (Å²) in [5.74, 6) is 1.60. The average Bonchev–Trinajstić information content (AvgIpc) is 3.01. The molecule has 0 amide bonds. The second-order valence-electron chi connectivity index (χ2n) is 5.66. The Hall–Kier alpha value is -3.41. The molecule has 0 radical (unpaired) electrons. The molecule has 2 heterocycles. The fourth-order valence-corrected chi connectivity index (χ4v) is 2.33. The van der Waals surface area contributed by atoms with Crippen molar-refractivity contribution < 1.29 is 0 Å². The van der Waals surface area contributed by atoms with Gasteiger partial charge in [-0.15, -0.1) is 0 Å². The predicted molar refractivity (Wildman–Crippen MR) is 102 cm³/mol. The van der Waals surface area contributed by atoms with Gasteiger partial charge < -0.3 is 11.1 Å². The smallest absolute Gasteiger partial charge is 0.222 e. The highest BCUT2D eigenvalue weighted by atomic mass is 15.2. The number of hydrogen-bond donors (Lipinski definition) is 3. The van der Waals surface area contributed by atoms with Crippen LogP contribution in [0.1, 0.15) is 11.3 Å². The van der Waals surface area contributed by atoms with Gasteiger partial charge in [0.2, 0.25) is 5.95 Å². The van der Waals surface area contributed by atoms with E-state index < -0.39 is 0 Å². The number of rotatable bonds is 2. The lowest BCUT2D eigenvalue weighted by molar-refractivity contribution is 1.05. The maximum absolute atomic E-state index is 5.69. The van der Waals surface area contributed by atoms with E-state index in [1.54, 1.807) is 0 Å². The zero-order chi connectivity index (χ0) is 17.6. The first-order valence-electron chi connectivity index (χ1n) is 7.95. The van der Waals surface area contributed by atoms with E-state index in [9.17, 15) is 0 Å². The summed E-state index contributed by atoms with van der Waals surface area (Å²) >= 11 is 0. The third-order valence-corrected chi connectivity index (χ3v) is 3.51. The highest BCUT2D eigenvalue weighted by Crippen LogP contribution is 2.23. The number of fused-ring (bicyclic) bond motifs is 1. The highest BCUT2D eigenvalue weighted by molar-refractivity contribution is 5.91. The van der Waals surface area contributed by atoms with Crippen LogP contribution < -0.4 is 11.1 Å². The molecule has 0 atom stereocenters. The number of para-hydroxylation sites is 1. The number of hydrogen-bond acceptors (Lipinski definition) is 5. The van der Waals surface area contributed by atoms with Crippen molar-refractivity contribution in [2.45, 2.75) is 13.8 Å². The van der Waals surface area contributed by atoms with Crippen molar-refractivity contribution in [2.75, 3.05) is 11.1 Å². The zero-order valence-corrected chi connectivity index (χ0v) is 14.2. The van der Waals surface area contributed by atoms with E-state index in [0.29, 0.717) is 11.6 Å². The summed E-state index contributed by atoms with van der Waals surface area (Å²) in [4.78, 5) is 8.39. The lowest BCUT2D eigenvalue weighted by Gasteiger charge is -2.06. The van der Waals surface area contributed by atoms with Crippen LogP contribution in [-0.2, 0) is 0 Å². The number of aryl methyl sites for hydroxylation is 2. The molecule has 0 fully saturated rings. The Morgan fingerprint density at radius 2 is 1.64 bits per heavy atom. The van der Waals surface area contributed by atoms with Crippen molar-refractivity contribution in [3.05, 3.63) is 71.9 Å². The first-order chi connectivity index (χ1) is 12.1. The largest absolute Gasteiger partial charge is 0.368 e. The first kappa shape index (κ1) is 16.4. The second-order valence-corrected chi connectivity index (χ2v) is 5.66. The number of nitrogens with two attached hydrogens (primary N) is 1. The fourth-order valence-electron chi connectivity index (χ4n) is 2.33. The van der Waals surface area contributed by atoms with Crippen molar-refractivity contribution in [1.82, 2.24) is 20.2 Å². The quantitative estimate of drug-likeness (QED) is 0.516. The van der Waals surface area contributed by atoms with Gasteiger partial charge in [-0.05, 0) is 26.0 Å². The van der Waals surface area contributed by atoms with Crippen molar-refractivity contribution >= 4 is 28.5 Å². The van der Waals surface area contributed by atoms with E-state index in [1.807, 2.05) is 55.5 Å². The molecule has 0 aliphatic rings. The molecular weight excluding hydrogens is 312 g/mol. The van der Waals surface area contributed by atoms with Gasteiger partial charge in [-0.2, -0.15) is 10.1 Å². The highest BCUT2D eigenvalue weighted by Gasteiger charge is 2.07. The first-order valence-corrected chi connectivity index (χ1v) is 7.95. The number of aromatic nitrogens is 4. The molecule has 0 spiro atoms. The van der Waals surface area contributed by atoms with Gasteiger partial charge in [-0.1, -0.05) is 48.0 Å². The molecule has 6 nitrogen and oxygen atoms in total. The van der Waals surface area contributed by atoms with Crippen LogP contribution in [0.5, 0.6) is 0 Å². The van der Waals surface area contributed by atoms with Crippen molar-refractivity contribution in [1.29, 1.82) is 0 Å². The summed E-state index contributed by atoms with van der Waals surface area (Å²) in [6.07, 6.45) is 0. The fraction of sp³-hybridized carbons (Fsp3) is 0.105. The third kappa shape index (κ3) is 4.32. The molecule has 25 heavy (non-hydrogen) atoms. The Labute approximate surface area is 146 Å². The maximum Gasteiger partial charge on any atom is 0.222 e. The van der Waals surface area contributed by atoms with E-state index in [2.05, 4.69) is 44.5 Å². The standard InChI is InChI=1S/C12H12N6.C7H8/c1-7-6-10(18-17-7)15-11-8-4-2-3-5-9(8)14-12(13)16-11;1-7-5-3-2-4-6-7/h2-6H,1H3,(H4,13,14,15,16,17,18);2-6H,1H3. The normalized spacial score (nSPS) is 10.2. The molecular formula is C19H20N6. The molecule has 0 saturated heterocycles. The monoisotopic (exact) mass is 332 g/mol. The molecule has 4 rings (SSSR count). The minimum Gasteiger partial charge on any atom is -0.368 e. The van der Waals surface area contributed by atoms with Crippen molar-refractivity contribution in [3.8, 4) is 0 Å². The van der Waals surface area contributed by atoms with Crippen LogP contribution in [0, 0.1) is 13.8 Å². The minimum atomic E-state index is 0.239. The van der Waals surface area contributed by atoms with E-state index in [4.69, 9.17) is 5.73 Å². The molecule has 0 aliphatic carbocycles. The van der Waals surface area contributed by atoms with Gasteiger partial charge >= 0.3 is 0 Å². The number of anilines is 3. The lowest BCUT2D eigenvalue weighted by Crippen LogP contribution is -2.01. The van der Waals surface area contributed by atoms with Crippen LogP contribution >= 0.6 is 0 Å². The predicted octanol–water partition coefficient (Wildman–Crippen LogP) is 3.98. The van der Waals surface area contributed by atoms with Crippen LogP contribution in [-0.4, -0.2) is 20.2 Å². The molecule has 0 saturated carbocycles. The number of H-pyrrole nitrogens is 1. The molecule has 126 valence electrons. The van der Waals surface area contributed by atoms with E-state index in [1.165, 1.54) is 5.56 Å². The van der Waals surface area contributed by atoms with Gasteiger partial charge in [0.05, 0.1) is 5.52 Å². The molecule has 0 aliphatic heterocycles. The van der Waals surface area contributed by atoms with Gasteiger partial charge in [0.15, 0.2) is 5.82 Å². The Morgan fingerprint density at radius 1 is 0.920 bits per heavy atom. The number of nitrogens with one attached hydrogen (secondary N) is 2. The van der Waals surface area contributed by atoms with Crippen molar-refractivity contribution in [3.63, 3.8) is 0 Å². The maximum atomic E-state index is 5.69. The van der Waals surface area contributed by atoms with E-state index >= 15 is 0 Å². The summed E-state index contributed by atoms with van der Waals surface area (Å²) < 4.78 is 0. The Balaban J connectivity index is 0.000000219. The Morgan fingerprint density at radius 3 is 2.28 bits per heavy atom. The Bertz CT molecular complexity index is 962. The summed E-state index contributed by atoms with van der Waals surface area (Å²) in [7, 11) is 0. The number of benzene rings is 2. The van der Waals surface area contributed by atoms with E-state index in [0.717, 1.165) is 16.6 Å². The van der Waals surface area contributed by atoms with Crippen LogP contribution in [0.3, 0.4) is 0 Å². The van der Waals surface area contributed by atoms with Crippen molar-refractivity contribution in [2.24, 2.45) is 0 Å². The summed E-state index contributed by atoms with van der Waals surface area (Å²) in [6, 6.07) is 19.8. The van der Waals surface area contributed by atoms with Crippen LogP contribution in [0.25, 0.3) is 10.9 Å². The van der Waals surface area contributed by atoms with Gasteiger partial charge in [0, 0.05) is 17.1 Å². The summed E-state index contributed by atoms with van der Waals surface area (Å²) in [6.45, 7) is 4.02. The third-order valence-electron chi connectivity index (χ3n) is 3.51. The molecule has 0 bridgehead atoms. The van der Waals surface area contributed by atoms with Gasteiger partial charge in [0.1, 0.15) is 5.82 Å². The van der Waals surface area contributed by atoms with E-state index in [-0.39, 0.29) is 5.95 Å². The minimum absolute atomic E-state index is 0.239. The Kier molecular flexibility index (Phi) is 4.89. The number of nitrogens with zero attached hydrogens (tertiary/aromatic N) is 3. The molecule has 2 aromatic carbocycles. The molecule has 0 unspecified atom stereocenters. The number of nitrogen functional groups attached to an aromatic ring is 1. The van der Waals surface area contributed by atoms with Crippen LogP contribution in [0.15, 0.2) is 60.7 Å². The van der Waals surface area contributed by atoms with Gasteiger partial charge in [-0.25, -0.2) is 4.98 Å². The topological polar surface area (TPSA) is 92.5 Å². The SMILES string of the molecule is Cc1cc(Nc2nc(N)nc3ccccc23)n[nH]1.Cc1ccccc1. The zero-order valence-electron chi connectivity index (χ0n) is 14.2. The molecule has 6 heteroatoms. The summed E-state index contributed by atoms with van der Waals surface area (Å²) in [5.41, 5.74) is 8.80. The average molecular weight is 332 g/mol. The van der Waals surface area contributed by atoms with Gasteiger partial charge in [0.25, 0.3) is 0 Å². The molecule has 2 aromatic heterocycles. The van der Waals surface area contributed by atoms with Crippen LogP contribution in [0.2, 0.25) is 0 Å². The number of aromatic amines is 1. The van der Waals surface area contributed by atoms with Gasteiger partial charge in [-0.3, -0.25) is 5.10 Å². The molecule has 4 aromatic rings. The summed E-state index contributed by atoms with van der Waals surface area (Å²) in [5, 5.41) is 11.0. The second kappa shape index (κ2) is 7.44.